The molecule has 0 saturated heterocycles. The smallest absolute Gasteiger partial charge is 0.653 e. The third kappa shape index (κ3) is 80.4. The van der Waals surface area contributed by atoms with E-state index < -0.39 is 6.93 Å². The Morgan fingerprint density at radius 3 is 1.90 bits per heavy atom. The van der Waals surface area contributed by atoms with Gasteiger partial charge in [-0.3, -0.25) is 0 Å². The minimum Gasteiger partial charge on any atom is -0.653 e. The number of hydrogen-bond acceptors (Lipinski definition) is 2. The number of halogens is 3. The molecule has 0 N–H and O–H groups in total. The molecule has 0 saturated carbocycles. The van der Waals surface area contributed by atoms with E-state index in [1.54, 1.807) is 6.92 Å². The van der Waals surface area contributed by atoms with Crippen molar-refractivity contribution in [2.75, 3.05) is 6.61 Å². The molecule has 0 atom stereocenters. The van der Waals surface area contributed by atoms with Gasteiger partial charge in [-0.05, 0) is 13.9 Å². The van der Waals surface area contributed by atoms with Crippen LogP contribution < -0.4 is 0 Å². The first-order valence-electron chi connectivity index (χ1n) is 1.84. The molecular formula is C4H7ClF2MgO2. The Balaban J connectivity index is -0.0000000326. The van der Waals surface area contributed by atoms with E-state index in [9.17, 15) is 8.78 Å². The topological polar surface area (TPSA) is 26.3 Å². The second-order valence-electron chi connectivity index (χ2n) is 0.599. The third-order valence-electron chi connectivity index (χ3n) is 0.203. The van der Waals surface area contributed by atoms with Gasteiger partial charge in [0.2, 0.25) is 0 Å². The fraction of sp³-hybridized carbons (Fsp3) is 0.500. The van der Waals surface area contributed by atoms with Crippen molar-refractivity contribution < 1.29 is 18.3 Å². The van der Waals surface area contributed by atoms with Crippen LogP contribution in [0.3, 0.4) is 0 Å². The molecule has 0 unspecified atom stereocenters. The van der Waals surface area contributed by atoms with Crippen molar-refractivity contribution in [3.05, 3.63) is 6.93 Å². The predicted octanol–water partition coefficient (Wildman–Crippen LogP) is 1.18. The van der Waals surface area contributed by atoms with Crippen LogP contribution in [0.25, 0.3) is 0 Å². The maximum absolute atomic E-state index is 9.50. The fourth-order valence-corrected chi connectivity index (χ4v) is 0.0589. The van der Waals surface area contributed by atoms with Crippen molar-refractivity contribution in [1.29, 1.82) is 0 Å². The Morgan fingerprint density at radius 1 is 1.60 bits per heavy atom. The van der Waals surface area contributed by atoms with Crippen LogP contribution in [0.2, 0.25) is 0 Å². The van der Waals surface area contributed by atoms with Crippen LogP contribution in [0.4, 0.5) is 8.78 Å². The van der Waals surface area contributed by atoms with Gasteiger partial charge < -0.3 is 18.3 Å². The fourth-order valence-electron chi connectivity index (χ4n) is 0.0589. The van der Waals surface area contributed by atoms with E-state index in [0.29, 0.717) is 6.61 Å². The molecule has 0 radical (unpaired) electrons. The first-order valence-corrected chi connectivity index (χ1v) is 1.84. The van der Waals surface area contributed by atoms with Gasteiger partial charge in [0.15, 0.2) is 0 Å². The van der Waals surface area contributed by atoms with Crippen LogP contribution in [0.1, 0.15) is 6.92 Å². The van der Waals surface area contributed by atoms with Crippen molar-refractivity contribution in [2.24, 2.45) is 0 Å². The van der Waals surface area contributed by atoms with E-state index in [1.807, 2.05) is 0 Å². The number of carbonyl (C=O) groups excluding carboxylic acids is 1. The summed E-state index contributed by atoms with van der Waals surface area (Å²) in [5.41, 5.74) is 0. The van der Waals surface area contributed by atoms with Gasteiger partial charge in [0.05, 0.1) is 0 Å². The molecule has 0 aliphatic heterocycles. The van der Waals surface area contributed by atoms with Gasteiger partial charge in [0, 0.05) is 6.61 Å². The van der Waals surface area contributed by atoms with Gasteiger partial charge in [-0.2, -0.15) is 0 Å². The summed E-state index contributed by atoms with van der Waals surface area (Å²) in [5, 5.41) is 0. The summed E-state index contributed by atoms with van der Waals surface area (Å²) in [6, 6.07) is 0. The molecule has 0 fully saturated rings. The van der Waals surface area contributed by atoms with Crippen molar-refractivity contribution in [2.45, 2.75) is 6.92 Å². The predicted molar refractivity (Wildman–Crippen MR) is 36.8 cm³/mol. The van der Waals surface area contributed by atoms with Gasteiger partial charge >= 0.3 is 23.1 Å². The normalized spacial score (nSPS) is 5.10. The maximum Gasteiger partial charge on any atom is 2.00 e. The quantitative estimate of drug-likeness (QED) is 0.476. The Morgan fingerprint density at radius 2 is 1.90 bits per heavy atom. The monoisotopic (exact) mass is 184 g/mol. The van der Waals surface area contributed by atoms with Crippen LogP contribution in [0.15, 0.2) is 0 Å². The minimum absolute atomic E-state index is 0. The molecule has 0 amide bonds. The summed E-state index contributed by atoms with van der Waals surface area (Å²) >= 11 is 0. The Bertz CT molecular complexity index is 50.2. The molecule has 0 bridgehead atoms. The van der Waals surface area contributed by atoms with Gasteiger partial charge in [0.1, 0.15) is 0 Å². The Hall–Kier alpha value is 0.386. The van der Waals surface area contributed by atoms with Crippen molar-refractivity contribution in [3.63, 3.8) is 0 Å². The summed E-state index contributed by atoms with van der Waals surface area (Å²) in [4.78, 5) is 9.06. The molecule has 0 spiro atoms. The Labute approximate surface area is 80.9 Å². The van der Waals surface area contributed by atoms with E-state index in [-0.39, 0.29) is 35.5 Å². The van der Waals surface area contributed by atoms with Crippen LogP contribution in [-0.4, -0.2) is 36.1 Å². The minimum atomic E-state index is -1.00. The van der Waals surface area contributed by atoms with Crippen LogP contribution in [0, 0.1) is 6.93 Å². The summed E-state index contributed by atoms with van der Waals surface area (Å²) < 4.78 is 23.0. The zero-order valence-corrected chi connectivity index (χ0v) is 7.70. The van der Waals surface area contributed by atoms with Crippen LogP contribution >= 0.6 is 12.4 Å². The summed E-state index contributed by atoms with van der Waals surface area (Å²) in [5.74, 6) is 0. The molecule has 2 nitrogen and oxygen atoms in total. The average molecular weight is 185 g/mol. The summed E-state index contributed by atoms with van der Waals surface area (Å²) in [6.07, 6.45) is 0. The van der Waals surface area contributed by atoms with E-state index in [4.69, 9.17) is 4.79 Å². The summed E-state index contributed by atoms with van der Waals surface area (Å²) in [7, 11) is 0. The van der Waals surface area contributed by atoms with Gasteiger partial charge in [-0.15, -0.1) is 12.4 Å². The second-order valence-corrected chi connectivity index (χ2v) is 0.599. The molecule has 0 aromatic rings. The number of hydrogen-bond donors (Lipinski definition) is 0. The molecule has 0 rings (SSSR count). The molecule has 6 heteroatoms. The second kappa shape index (κ2) is 34.3. The SMILES string of the molecule is CCO[C-]=O.Cl.F[CH-]F.[Mg+2]. The summed E-state index contributed by atoms with van der Waals surface area (Å²) in [6.45, 7) is 2.41. The number of ether oxygens (including phenoxy) is 1. The van der Waals surface area contributed by atoms with Gasteiger partial charge in [-0.25, -0.2) is 0 Å². The van der Waals surface area contributed by atoms with E-state index in [0.717, 1.165) is 0 Å². The van der Waals surface area contributed by atoms with Crippen LogP contribution in [-0.2, 0) is 9.53 Å². The van der Waals surface area contributed by atoms with E-state index in [1.165, 1.54) is 6.47 Å². The van der Waals surface area contributed by atoms with E-state index >= 15 is 0 Å². The first kappa shape index (κ1) is 22.4. The third-order valence-corrected chi connectivity index (χ3v) is 0.203. The molecule has 0 aliphatic rings. The molecule has 0 aliphatic carbocycles. The van der Waals surface area contributed by atoms with Gasteiger partial charge in [-0.1, -0.05) is 6.47 Å². The standard InChI is InChI=1S/C3H5O2.CHF2.ClH.Mg/c1-2-5-3-4;2-1-3;;/h2H2,1H3;1H;1H;/q2*-1;;+2. The van der Waals surface area contributed by atoms with Crippen LogP contribution in [0.5, 0.6) is 0 Å². The molecule has 0 aromatic heterocycles. The maximum atomic E-state index is 9.50. The molecule has 58 valence electrons. The average Bonchev–Trinajstić information content (AvgIpc) is 1.71. The largest absolute Gasteiger partial charge is 2.00 e. The molecule has 0 aromatic carbocycles. The zero-order chi connectivity index (χ0) is 6.83. The number of rotatable bonds is 2. The molecular weight excluding hydrogens is 178 g/mol. The van der Waals surface area contributed by atoms with Crippen molar-refractivity contribution >= 4 is 41.9 Å². The first-order chi connectivity index (χ1) is 3.83. The van der Waals surface area contributed by atoms with E-state index in [2.05, 4.69) is 4.74 Å². The van der Waals surface area contributed by atoms with Crippen molar-refractivity contribution in [3.8, 4) is 0 Å². The molecule has 10 heavy (non-hydrogen) atoms. The Kier molecular flexibility index (Phi) is 77.0. The van der Waals surface area contributed by atoms with Crippen molar-refractivity contribution in [1.82, 2.24) is 0 Å². The van der Waals surface area contributed by atoms with Gasteiger partial charge in [0.25, 0.3) is 0 Å². The molecule has 0 heterocycles. The zero-order valence-electron chi connectivity index (χ0n) is 5.47.